The number of carbonyl (C=O) groups excluding carboxylic acids is 1. The molecule has 1 atom stereocenters. The number of anilines is 1. The number of fused-ring (bicyclic) bond motifs is 1. The molecule has 1 aromatic carbocycles. The number of thiazole rings is 1. The molecule has 3 rings (SSSR count). The summed E-state index contributed by atoms with van der Waals surface area (Å²) in [5, 5.41) is 3.45. The molecule has 0 spiro atoms. The molecule has 7 nitrogen and oxygen atoms in total. The molecular formula is C18H24N4O3S2. The summed E-state index contributed by atoms with van der Waals surface area (Å²) in [6.45, 7) is 2.67. The smallest absolute Gasteiger partial charge is 0.281 e. The van der Waals surface area contributed by atoms with Gasteiger partial charge in [-0.05, 0) is 12.0 Å². The van der Waals surface area contributed by atoms with Crippen LogP contribution in [0, 0.1) is 0 Å². The first-order valence-electron chi connectivity index (χ1n) is 8.85. The Kier molecular flexibility index (Phi) is 5.95. The number of nitrogens with zero attached hydrogens (tertiary/aromatic N) is 3. The zero-order valence-corrected chi connectivity index (χ0v) is 17.3. The molecule has 1 amide bonds. The highest BCUT2D eigenvalue weighted by Crippen LogP contribution is 2.31. The highest BCUT2D eigenvalue weighted by atomic mass is 32.2. The third-order valence-corrected chi connectivity index (χ3v) is 7.53. The van der Waals surface area contributed by atoms with E-state index in [1.165, 1.54) is 34.0 Å². The third kappa shape index (κ3) is 4.21. The van der Waals surface area contributed by atoms with Gasteiger partial charge in [0, 0.05) is 31.9 Å². The number of benzene rings is 1. The average Bonchev–Trinajstić information content (AvgIpc) is 3.04. The molecule has 0 radical (unpaired) electrons. The number of hydrogen-bond donors (Lipinski definition) is 1. The summed E-state index contributed by atoms with van der Waals surface area (Å²) >= 11 is 1.35. The zero-order valence-electron chi connectivity index (χ0n) is 15.7. The van der Waals surface area contributed by atoms with Crippen LogP contribution in [0.5, 0.6) is 0 Å². The first kappa shape index (κ1) is 19.9. The van der Waals surface area contributed by atoms with Crippen LogP contribution < -0.4 is 5.32 Å². The molecule has 2 aromatic rings. The number of rotatable bonds is 6. The van der Waals surface area contributed by atoms with Crippen molar-refractivity contribution in [1.29, 1.82) is 0 Å². The molecule has 27 heavy (non-hydrogen) atoms. The van der Waals surface area contributed by atoms with Crippen LogP contribution >= 0.6 is 11.3 Å². The lowest BCUT2D eigenvalue weighted by Crippen LogP contribution is -2.42. The summed E-state index contributed by atoms with van der Waals surface area (Å²) < 4.78 is 27.3. The fraction of sp³-hybridized carbons (Fsp3) is 0.444. The second kappa shape index (κ2) is 8.05. The summed E-state index contributed by atoms with van der Waals surface area (Å²) in [4.78, 5) is 18.1. The molecule has 0 saturated carbocycles. The molecule has 1 aromatic heterocycles. The maximum absolute atomic E-state index is 12.7. The van der Waals surface area contributed by atoms with Gasteiger partial charge in [0.25, 0.3) is 10.2 Å². The fourth-order valence-electron chi connectivity index (χ4n) is 3.10. The molecule has 2 heterocycles. The van der Waals surface area contributed by atoms with Crippen LogP contribution in [0.4, 0.5) is 5.13 Å². The fourth-order valence-corrected chi connectivity index (χ4v) is 5.29. The van der Waals surface area contributed by atoms with Crippen LogP contribution in [0.1, 0.15) is 35.4 Å². The number of amides is 1. The minimum absolute atomic E-state index is 0.0902. The van der Waals surface area contributed by atoms with Crippen molar-refractivity contribution < 1.29 is 13.2 Å². The average molecular weight is 409 g/mol. The van der Waals surface area contributed by atoms with Gasteiger partial charge in [0.15, 0.2) is 5.13 Å². The van der Waals surface area contributed by atoms with Crippen molar-refractivity contribution in [2.75, 3.05) is 26.0 Å². The van der Waals surface area contributed by atoms with E-state index in [-0.39, 0.29) is 11.8 Å². The van der Waals surface area contributed by atoms with Crippen molar-refractivity contribution in [3.63, 3.8) is 0 Å². The third-order valence-electron chi connectivity index (χ3n) is 4.64. The Labute approximate surface area is 164 Å². The van der Waals surface area contributed by atoms with E-state index < -0.39 is 10.2 Å². The van der Waals surface area contributed by atoms with Crippen LogP contribution in [0.15, 0.2) is 30.3 Å². The van der Waals surface area contributed by atoms with Gasteiger partial charge >= 0.3 is 0 Å². The second-order valence-electron chi connectivity index (χ2n) is 6.62. The molecule has 146 valence electrons. The maximum atomic E-state index is 12.7. The van der Waals surface area contributed by atoms with E-state index in [0.29, 0.717) is 31.1 Å². The molecule has 1 unspecified atom stereocenters. The summed E-state index contributed by atoms with van der Waals surface area (Å²) in [5.41, 5.74) is 1.84. The summed E-state index contributed by atoms with van der Waals surface area (Å²) in [7, 11) is -0.401. The number of nitrogens with one attached hydrogen (secondary N) is 1. The van der Waals surface area contributed by atoms with E-state index >= 15 is 0 Å². The van der Waals surface area contributed by atoms with E-state index in [0.717, 1.165) is 16.1 Å². The number of hydrogen-bond acceptors (Lipinski definition) is 5. The minimum Gasteiger partial charge on any atom is -0.301 e. The highest BCUT2D eigenvalue weighted by molar-refractivity contribution is 7.86. The lowest BCUT2D eigenvalue weighted by molar-refractivity contribution is -0.117. The first-order chi connectivity index (χ1) is 12.8. The van der Waals surface area contributed by atoms with Crippen LogP contribution in [0.25, 0.3) is 0 Å². The van der Waals surface area contributed by atoms with E-state index in [1.54, 1.807) is 0 Å². The predicted molar refractivity (Wildman–Crippen MR) is 107 cm³/mol. The van der Waals surface area contributed by atoms with Gasteiger partial charge in [-0.1, -0.05) is 37.3 Å². The van der Waals surface area contributed by atoms with Gasteiger partial charge in [0.1, 0.15) is 0 Å². The second-order valence-corrected chi connectivity index (χ2v) is 9.85. The Bertz CT molecular complexity index is 910. The standard InChI is InChI=1S/C18H24N4O3S2/c1-4-14(13-8-6-5-7-9-13)17(23)20-18-19-15-10-11-22(12-16(15)26-18)27(24,25)21(2)3/h5-9,14H,4,10-12H2,1-3H3,(H,19,20,23). The van der Waals surface area contributed by atoms with Crippen molar-refractivity contribution >= 4 is 32.6 Å². The predicted octanol–water partition coefficient (Wildman–Crippen LogP) is 2.44. The topological polar surface area (TPSA) is 82.6 Å². The Morgan fingerprint density at radius 3 is 2.67 bits per heavy atom. The van der Waals surface area contributed by atoms with Gasteiger partial charge in [-0.25, -0.2) is 4.98 Å². The Morgan fingerprint density at radius 1 is 1.33 bits per heavy atom. The van der Waals surface area contributed by atoms with Gasteiger partial charge in [-0.15, -0.1) is 11.3 Å². The molecule has 1 aliphatic heterocycles. The Morgan fingerprint density at radius 2 is 2.04 bits per heavy atom. The summed E-state index contributed by atoms with van der Waals surface area (Å²) in [5.74, 6) is -0.328. The van der Waals surface area contributed by atoms with Gasteiger partial charge < -0.3 is 5.32 Å². The number of carbonyl (C=O) groups is 1. The van der Waals surface area contributed by atoms with Crippen molar-refractivity contribution in [3.8, 4) is 0 Å². The molecule has 1 N–H and O–H groups in total. The van der Waals surface area contributed by atoms with Gasteiger partial charge in [0.05, 0.1) is 18.2 Å². The molecule has 0 saturated heterocycles. The molecule has 1 aliphatic rings. The normalized spacial score (nSPS) is 16.1. The summed E-state index contributed by atoms with van der Waals surface area (Å²) in [6.07, 6.45) is 1.24. The molecule has 9 heteroatoms. The van der Waals surface area contributed by atoms with Crippen molar-refractivity contribution in [1.82, 2.24) is 13.6 Å². The van der Waals surface area contributed by atoms with Crippen molar-refractivity contribution in [2.45, 2.75) is 32.2 Å². The quantitative estimate of drug-likeness (QED) is 0.796. The minimum atomic E-state index is -3.45. The van der Waals surface area contributed by atoms with Gasteiger partial charge in [0.2, 0.25) is 5.91 Å². The van der Waals surface area contributed by atoms with Crippen molar-refractivity contribution in [2.24, 2.45) is 0 Å². The van der Waals surface area contributed by atoms with Crippen LogP contribution in [0.2, 0.25) is 0 Å². The van der Waals surface area contributed by atoms with E-state index in [4.69, 9.17) is 0 Å². The van der Waals surface area contributed by atoms with Crippen LogP contribution in [0.3, 0.4) is 0 Å². The molecule has 0 fully saturated rings. The van der Waals surface area contributed by atoms with Crippen molar-refractivity contribution in [3.05, 3.63) is 46.5 Å². The lowest BCUT2D eigenvalue weighted by Gasteiger charge is -2.27. The first-order valence-corrected chi connectivity index (χ1v) is 11.1. The van der Waals surface area contributed by atoms with E-state index in [9.17, 15) is 13.2 Å². The van der Waals surface area contributed by atoms with Gasteiger partial charge in [-0.2, -0.15) is 17.0 Å². The molecule has 0 aliphatic carbocycles. The monoisotopic (exact) mass is 408 g/mol. The zero-order chi connectivity index (χ0) is 19.6. The Balaban J connectivity index is 1.74. The highest BCUT2D eigenvalue weighted by Gasteiger charge is 2.31. The Hall–Kier alpha value is -1.81. The van der Waals surface area contributed by atoms with Crippen LogP contribution in [-0.2, 0) is 28.0 Å². The largest absolute Gasteiger partial charge is 0.301 e. The van der Waals surface area contributed by atoms with Gasteiger partial charge in [-0.3, -0.25) is 4.79 Å². The van der Waals surface area contributed by atoms with E-state index in [2.05, 4.69) is 10.3 Å². The van der Waals surface area contributed by atoms with Crippen LogP contribution in [-0.4, -0.2) is 48.6 Å². The molecular weight excluding hydrogens is 384 g/mol. The SMILES string of the molecule is CCC(C(=O)Nc1nc2c(s1)CN(S(=O)(=O)N(C)C)CC2)c1ccccc1. The van der Waals surface area contributed by atoms with E-state index in [1.807, 2.05) is 37.3 Å². The number of aromatic nitrogens is 1. The molecule has 0 bridgehead atoms. The lowest BCUT2D eigenvalue weighted by atomic mass is 9.96. The maximum Gasteiger partial charge on any atom is 0.281 e. The summed E-state index contributed by atoms with van der Waals surface area (Å²) in [6, 6.07) is 9.67.